The molecule has 7 rings (SSSR count). The van der Waals surface area contributed by atoms with Gasteiger partial charge in [0.25, 0.3) is 0 Å². The second-order valence-electron chi connectivity index (χ2n) is 11.5. The van der Waals surface area contributed by atoms with E-state index in [2.05, 4.69) is 46.3 Å². The molecule has 212 valence electrons. The van der Waals surface area contributed by atoms with Crippen LogP contribution in [-0.4, -0.2) is 64.3 Å². The lowest BCUT2D eigenvalue weighted by Gasteiger charge is -2.30. The molecule has 4 aromatic rings. The van der Waals surface area contributed by atoms with Gasteiger partial charge in [-0.25, -0.2) is 4.98 Å². The third-order valence-corrected chi connectivity index (χ3v) is 8.79. The molecular formula is C33H37N5O3. The summed E-state index contributed by atoms with van der Waals surface area (Å²) in [5.74, 6) is 2.51. The summed E-state index contributed by atoms with van der Waals surface area (Å²) in [6.07, 6.45) is 6.41. The number of ether oxygens (including phenoxy) is 2. The van der Waals surface area contributed by atoms with E-state index in [0.29, 0.717) is 12.5 Å². The minimum atomic E-state index is 0.104. The lowest BCUT2D eigenvalue weighted by molar-refractivity contribution is -0.130. The minimum Gasteiger partial charge on any atom is -0.489 e. The Hall–Kier alpha value is -3.75. The number of rotatable bonds is 5. The predicted molar refractivity (Wildman–Crippen MR) is 159 cm³/mol. The number of imidazole rings is 1. The second kappa shape index (κ2) is 11.3. The Bertz CT molecular complexity index is 1550. The fourth-order valence-electron chi connectivity index (χ4n) is 6.50. The molecule has 0 unspecified atom stereocenters. The summed E-state index contributed by atoms with van der Waals surface area (Å²) in [4.78, 5) is 24.4. The fraction of sp³-hybridized carbons (Fsp3) is 0.424. The first-order chi connectivity index (χ1) is 20.1. The van der Waals surface area contributed by atoms with Gasteiger partial charge >= 0.3 is 0 Å². The molecule has 8 heteroatoms. The standard InChI is InChI=1S/C33H37N5O3/c1-22(39)37-14-15-38-31(21-37)32(36-33(38)24-11-16-40-17-12-24)28-6-2-4-25-18-30(35-20-29(25)28)23-7-9-26(10-8-23)41-27-5-3-13-34-19-27/h2,4,6-10,18,20,24,27,34H,3,5,11-17,19,21H2,1H3/t27-/m0/s1. The van der Waals surface area contributed by atoms with Crippen molar-refractivity contribution in [2.45, 2.75) is 57.7 Å². The highest BCUT2D eigenvalue weighted by Crippen LogP contribution is 2.37. The van der Waals surface area contributed by atoms with E-state index < -0.39 is 0 Å². The zero-order valence-electron chi connectivity index (χ0n) is 23.6. The van der Waals surface area contributed by atoms with Gasteiger partial charge in [-0.2, -0.15) is 0 Å². The molecule has 2 fully saturated rings. The molecule has 0 radical (unpaired) electrons. The average molecular weight is 552 g/mol. The van der Waals surface area contributed by atoms with Crippen LogP contribution in [0, 0.1) is 0 Å². The molecule has 1 atom stereocenters. The summed E-state index contributed by atoms with van der Waals surface area (Å²) < 4.78 is 14.2. The summed E-state index contributed by atoms with van der Waals surface area (Å²) in [6.45, 7) is 7.25. The normalized spacial score (nSPS) is 19.7. The van der Waals surface area contributed by atoms with E-state index in [1.54, 1.807) is 6.92 Å². The van der Waals surface area contributed by atoms with E-state index in [9.17, 15) is 4.79 Å². The van der Waals surface area contributed by atoms with Crippen LogP contribution >= 0.6 is 0 Å². The van der Waals surface area contributed by atoms with E-state index in [1.807, 2.05) is 23.2 Å². The third-order valence-electron chi connectivity index (χ3n) is 8.79. The van der Waals surface area contributed by atoms with Gasteiger partial charge < -0.3 is 24.3 Å². The number of nitrogens with one attached hydrogen (secondary N) is 1. The van der Waals surface area contributed by atoms with E-state index in [1.165, 1.54) is 0 Å². The third kappa shape index (κ3) is 5.22. The van der Waals surface area contributed by atoms with Crippen LogP contribution in [0.15, 0.2) is 54.7 Å². The number of aromatic nitrogens is 3. The van der Waals surface area contributed by atoms with Crippen molar-refractivity contribution in [2.75, 3.05) is 32.8 Å². The summed E-state index contributed by atoms with van der Waals surface area (Å²) in [6, 6.07) is 16.8. The van der Waals surface area contributed by atoms with Gasteiger partial charge in [-0.3, -0.25) is 9.78 Å². The first kappa shape index (κ1) is 26.2. The smallest absolute Gasteiger partial charge is 0.219 e. The van der Waals surface area contributed by atoms with Crippen molar-refractivity contribution in [2.24, 2.45) is 0 Å². The Morgan fingerprint density at radius 2 is 1.93 bits per heavy atom. The molecule has 41 heavy (non-hydrogen) atoms. The maximum atomic E-state index is 12.3. The summed E-state index contributed by atoms with van der Waals surface area (Å²) in [5.41, 5.74) is 5.14. The number of fused-ring (bicyclic) bond motifs is 2. The SMILES string of the molecule is CC(=O)N1CCn2c(C3CCOCC3)nc(-c3cccc4cc(-c5ccc(O[C@H]6CCCNC6)cc5)ncc34)c2C1. The Kier molecular flexibility index (Phi) is 7.19. The van der Waals surface area contributed by atoms with Gasteiger partial charge in [0.2, 0.25) is 5.91 Å². The first-order valence-electron chi connectivity index (χ1n) is 14.9. The zero-order chi connectivity index (χ0) is 27.8. The van der Waals surface area contributed by atoms with Crippen LogP contribution in [0.4, 0.5) is 0 Å². The molecule has 8 nitrogen and oxygen atoms in total. The van der Waals surface area contributed by atoms with Crippen LogP contribution in [0.2, 0.25) is 0 Å². The molecule has 2 aromatic carbocycles. The first-order valence-corrected chi connectivity index (χ1v) is 14.9. The van der Waals surface area contributed by atoms with Crippen molar-refractivity contribution in [1.82, 2.24) is 24.8 Å². The van der Waals surface area contributed by atoms with Crippen molar-refractivity contribution < 1.29 is 14.3 Å². The van der Waals surface area contributed by atoms with Crippen molar-refractivity contribution in [3.05, 3.63) is 66.2 Å². The van der Waals surface area contributed by atoms with Crippen LogP contribution < -0.4 is 10.1 Å². The molecule has 1 N–H and O–H groups in total. The predicted octanol–water partition coefficient (Wildman–Crippen LogP) is 5.15. The van der Waals surface area contributed by atoms with Gasteiger partial charge in [0.15, 0.2) is 0 Å². The average Bonchev–Trinajstić information content (AvgIpc) is 3.40. The van der Waals surface area contributed by atoms with Crippen LogP contribution in [0.25, 0.3) is 33.3 Å². The summed E-state index contributed by atoms with van der Waals surface area (Å²) in [7, 11) is 0. The molecule has 3 aliphatic rings. The van der Waals surface area contributed by atoms with E-state index in [0.717, 1.165) is 116 Å². The zero-order valence-corrected chi connectivity index (χ0v) is 23.6. The number of amides is 1. The Labute approximate surface area is 240 Å². The molecule has 2 aromatic heterocycles. The van der Waals surface area contributed by atoms with Crippen molar-refractivity contribution in [3.8, 4) is 28.3 Å². The summed E-state index contributed by atoms with van der Waals surface area (Å²) in [5, 5.41) is 5.59. The molecule has 5 heterocycles. The maximum absolute atomic E-state index is 12.3. The van der Waals surface area contributed by atoms with Gasteiger partial charge in [0, 0.05) is 68.4 Å². The molecule has 0 aliphatic carbocycles. The van der Waals surface area contributed by atoms with Crippen molar-refractivity contribution in [1.29, 1.82) is 0 Å². The molecule has 0 spiro atoms. The van der Waals surface area contributed by atoms with Crippen LogP contribution in [0.3, 0.4) is 0 Å². The van der Waals surface area contributed by atoms with E-state index in [4.69, 9.17) is 19.4 Å². The van der Waals surface area contributed by atoms with Gasteiger partial charge in [-0.15, -0.1) is 0 Å². The molecule has 1 amide bonds. The fourth-order valence-corrected chi connectivity index (χ4v) is 6.50. The maximum Gasteiger partial charge on any atom is 0.219 e. The quantitative estimate of drug-likeness (QED) is 0.369. The highest BCUT2D eigenvalue weighted by atomic mass is 16.5. The minimum absolute atomic E-state index is 0.104. The van der Waals surface area contributed by atoms with Gasteiger partial charge in [0.05, 0.1) is 23.6 Å². The highest BCUT2D eigenvalue weighted by molar-refractivity contribution is 5.97. The number of hydrogen-bond donors (Lipinski definition) is 1. The molecule has 2 saturated heterocycles. The number of benzene rings is 2. The Morgan fingerprint density at radius 1 is 1.07 bits per heavy atom. The molecule has 3 aliphatic heterocycles. The number of pyridine rings is 1. The lowest BCUT2D eigenvalue weighted by atomic mass is 9.99. The number of hydrogen-bond acceptors (Lipinski definition) is 6. The van der Waals surface area contributed by atoms with Gasteiger partial charge in [-0.05, 0) is 67.9 Å². The largest absolute Gasteiger partial charge is 0.489 e. The Balaban J connectivity index is 1.22. The van der Waals surface area contributed by atoms with Crippen LogP contribution in [0.1, 0.15) is 50.0 Å². The number of nitrogens with zero attached hydrogens (tertiary/aromatic N) is 4. The number of carbonyl (C=O) groups excluding carboxylic acids is 1. The van der Waals surface area contributed by atoms with E-state index in [-0.39, 0.29) is 12.0 Å². The second-order valence-corrected chi connectivity index (χ2v) is 11.5. The van der Waals surface area contributed by atoms with Crippen LogP contribution in [-0.2, 0) is 22.6 Å². The molecule has 0 bridgehead atoms. The summed E-state index contributed by atoms with van der Waals surface area (Å²) >= 11 is 0. The van der Waals surface area contributed by atoms with Gasteiger partial charge in [-0.1, -0.05) is 18.2 Å². The topological polar surface area (TPSA) is 81.5 Å². The molecular weight excluding hydrogens is 514 g/mol. The molecule has 0 saturated carbocycles. The van der Waals surface area contributed by atoms with E-state index >= 15 is 0 Å². The van der Waals surface area contributed by atoms with Crippen molar-refractivity contribution >= 4 is 16.7 Å². The number of carbonyl (C=O) groups is 1. The number of piperidine rings is 1. The van der Waals surface area contributed by atoms with Crippen LogP contribution in [0.5, 0.6) is 5.75 Å². The Morgan fingerprint density at radius 3 is 2.71 bits per heavy atom. The van der Waals surface area contributed by atoms with Crippen molar-refractivity contribution in [3.63, 3.8) is 0 Å². The lowest BCUT2D eigenvalue weighted by Crippen LogP contribution is -2.37. The van der Waals surface area contributed by atoms with Gasteiger partial charge in [0.1, 0.15) is 17.7 Å². The monoisotopic (exact) mass is 551 g/mol. The highest BCUT2D eigenvalue weighted by Gasteiger charge is 2.30.